The number of carbonyl (C=O) groups excluding carboxylic acids is 3. The highest BCUT2D eigenvalue weighted by atomic mass is 16.2. The molecule has 1 atom stereocenters. The Balaban J connectivity index is 1.38. The molecule has 1 spiro atoms. The van der Waals surface area contributed by atoms with Crippen LogP contribution in [-0.2, 0) is 21.5 Å². The molecule has 144 valence electrons. The number of urea groups is 1. The van der Waals surface area contributed by atoms with Crippen LogP contribution in [0.15, 0.2) is 60.8 Å². The molecule has 1 unspecified atom stereocenters. The van der Waals surface area contributed by atoms with E-state index in [1.165, 1.54) is 0 Å². The van der Waals surface area contributed by atoms with Crippen LogP contribution in [0.2, 0.25) is 0 Å². The number of carbonyl (C=O) groups is 3. The molecule has 1 fully saturated rings. The van der Waals surface area contributed by atoms with Gasteiger partial charge in [0.2, 0.25) is 5.91 Å². The van der Waals surface area contributed by atoms with Crippen molar-refractivity contribution < 1.29 is 14.4 Å². The Morgan fingerprint density at radius 3 is 2.83 bits per heavy atom. The van der Waals surface area contributed by atoms with Gasteiger partial charge in [-0.3, -0.25) is 19.5 Å². The molecule has 7 nitrogen and oxygen atoms in total. The zero-order valence-corrected chi connectivity index (χ0v) is 15.5. The second-order valence-corrected chi connectivity index (χ2v) is 7.31. The zero-order valence-electron chi connectivity index (χ0n) is 15.5. The predicted octanol–water partition coefficient (Wildman–Crippen LogP) is 2.57. The first-order valence-electron chi connectivity index (χ1n) is 9.44. The summed E-state index contributed by atoms with van der Waals surface area (Å²) in [6.07, 6.45) is 2.86. The number of fused-ring (bicyclic) bond motifs is 3. The molecule has 4 amide bonds. The van der Waals surface area contributed by atoms with Gasteiger partial charge in [0.25, 0.3) is 5.91 Å². The number of pyridine rings is 1. The molecular weight excluding hydrogens is 368 g/mol. The highest BCUT2D eigenvalue weighted by molar-refractivity contribution is 6.11. The second kappa shape index (κ2) is 6.41. The third-order valence-corrected chi connectivity index (χ3v) is 5.63. The van der Waals surface area contributed by atoms with Crippen LogP contribution in [0.4, 0.5) is 10.5 Å². The Labute approximate surface area is 166 Å². The van der Waals surface area contributed by atoms with Gasteiger partial charge in [0.15, 0.2) is 0 Å². The van der Waals surface area contributed by atoms with Crippen LogP contribution in [0.5, 0.6) is 0 Å². The number of nitrogens with zero attached hydrogens (tertiary/aromatic N) is 2. The Morgan fingerprint density at radius 1 is 1.10 bits per heavy atom. The summed E-state index contributed by atoms with van der Waals surface area (Å²) in [5.41, 5.74) is 2.01. The molecule has 1 aliphatic carbocycles. The van der Waals surface area contributed by atoms with Crippen molar-refractivity contribution in [2.75, 3.05) is 11.9 Å². The normalized spacial score (nSPS) is 20.2. The molecule has 2 N–H and O–H groups in total. The van der Waals surface area contributed by atoms with Crippen molar-refractivity contribution in [2.45, 2.75) is 18.4 Å². The quantitative estimate of drug-likeness (QED) is 0.677. The molecule has 0 saturated carbocycles. The van der Waals surface area contributed by atoms with E-state index in [1.54, 1.807) is 12.3 Å². The van der Waals surface area contributed by atoms with Crippen molar-refractivity contribution in [3.63, 3.8) is 0 Å². The summed E-state index contributed by atoms with van der Waals surface area (Å²) in [5.74, 6) is -0.825. The fraction of sp³-hybridized carbons (Fsp3) is 0.182. The highest BCUT2D eigenvalue weighted by Gasteiger charge is 2.55. The number of benzene rings is 2. The number of rotatable bonds is 3. The molecular formula is C22H18N4O3. The lowest BCUT2D eigenvalue weighted by molar-refractivity contribution is -0.134. The summed E-state index contributed by atoms with van der Waals surface area (Å²) in [5, 5.41) is 6.50. The monoisotopic (exact) mass is 386 g/mol. The van der Waals surface area contributed by atoms with Gasteiger partial charge in [-0.1, -0.05) is 42.5 Å². The molecule has 7 heteroatoms. The Bertz CT molecular complexity index is 1170. The molecule has 1 aliphatic heterocycles. The number of imide groups is 1. The first kappa shape index (κ1) is 17.4. The topological polar surface area (TPSA) is 91.4 Å². The number of hydrogen-bond donors (Lipinski definition) is 2. The van der Waals surface area contributed by atoms with Crippen LogP contribution in [0, 0.1) is 0 Å². The van der Waals surface area contributed by atoms with Crippen LogP contribution in [0.1, 0.15) is 17.5 Å². The average Bonchev–Trinajstić information content (AvgIpc) is 3.22. The summed E-state index contributed by atoms with van der Waals surface area (Å²) >= 11 is 0. The smallest absolute Gasteiger partial charge is 0.323 e. The lowest BCUT2D eigenvalue weighted by atomic mass is 9.92. The maximum atomic E-state index is 13.2. The Morgan fingerprint density at radius 2 is 1.93 bits per heavy atom. The standard InChI is InChI=1S/C22H18N4O3/c27-18(24-17-9-3-6-15-7-4-12-23-19(15)17)13-26-20(28)22(25-21(26)29)11-10-14-5-1-2-8-16(14)22/h1-9,12H,10-11,13H2,(H,24,27)(H,25,29). The maximum absolute atomic E-state index is 13.2. The van der Waals surface area contributed by atoms with Gasteiger partial charge in [-0.05, 0) is 36.1 Å². The summed E-state index contributed by atoms with van der Waals surface area (Å²) in [6, 6.07) is 16.2. The van der Waals surface area contributed by atoms with Crippen molar-refractivity contribution in [2.24, 2.45) is 0 Å². The Kier molecular flexibility index (Phi) is 3.84. The first-order chi connectivity index (χ1) is 14.1. The zero-order chi connectivity index (χ0) is 20.0. The van der Waals surface area contributed by atoms with Crippen molar-refractivity contribution in [3.05, 3.63) is 71.9 Å². The largest absolute Gasteiger partial charge is 0.325 e. The van der Waals surface area contributed by atoms with E-state index < -0.39 is 17.5 Å². The van der Waals surface area contributed by atoms with Gasteiger partial charge < -0.3 is 10.6 Å². The number of aromatic nitrogens is 1. The molecule has 1 aromatic heterocycles. The van der Waals surface area contributed by atoms with E-state index in [9.17, 15) is 14.4 Å². The number of anilines is 1. The minimum atomic E-state index is -1.06. The number of hydrogen-bond acceptors (Lipinski definition) is 4. The van der Waals surface area contributed by atoms with Crippen LogP contribution in [0.3, 0.4) is 0 Å². The van der Waals surface area contributed by atoms with Gasteiger partial charge in [-0.15, -0.1) is 0 Å². The molecule has 2 aliphatic rings. The van der Waals surface area contributed by atoms with Gasteiger partial charge in [0.05, 0.1) is 11.2 Å². The number of aryl methyl sites for hydroxylation is 1. The van der Waals surface area contributed by atoms with Gasteiger partial charge in [-0.2, -0.15) is 0 Å². The van der Waals surface area contributed by atoms with Crippen molar-refractivity contribution in [3.8, 4) is 0 Å². The van der Waals surface area contributed by atoms with E-state index in [0.29, 0.717) is 24.0 Å². The van der Waals surface area contributed by atoms with Crippen molar-refractivity contribution >= 4 is 34.4 Å². The first-order valence-corrected chi connectivity index (χ1v) is 9.44. The minimum absolute atomic E-state index is 0.349. The van der Waals surface area contributed by atoms with Crippen molar-refractivity contribution in [1.82, 2.24) is 15.2 Å². The molecule has 2 heterocycles. The molecule has 2 aromatic carbocycles. The molecule has 0 radical (unpaired) electrons. The molecule has 5 rings (SSSR count). The number of amides is 4. The van der Waals surface area contributed by atoms with E-state index in [0.717, 1.165) is 21.4 Å². The van der Waals surface area contributed by atoms with Gasteiger partial charge in [-0.25, -0.2) is 4.79 Å². The SMILES string of the molecule is O=C(CN1C(=O)NC2(CCc3ccccc32)C1=O)Nc1cccc2cccnc12. The lowest BCUT2D eigenvalue weighted by Gasteiger charge is -2.22. The van der Waals surface area contributed by atoms with E-state index in [2.05, 4.69) is 15.6 Å². The third kappa shape index (κ3) is 2.66. The van der Waals surface area contributed by atoms with E-state index in [4.69, 9.17) is 0 Å². The third-order valence-electron chi connectivity index (χ3n) is 5.63. The maximum Gasteiger partial charge on any atom is 0.325 e. The summed E-state index contributed by atoms with van der Waals surface area (Å²) < 4.78 is 0. The van der Waals surface area contributed by atoms with E-state index in [-0.39, 0.29) is 12.5 Å². The van der Waals surface area contributed by atoms with Crippen LogP contribution >= 0.6 is 0 Å². The minimum Gasteiger partial charge on any atom is -0.323 e. The van der Waals surface area contributed by atoms with E-state index in [1.807, 2.05) is 48.5 Å². The predicted molar refractivity (Wildman–Crippen MR) is 107 cm³/mol. The molecule has 3 aromatic rings. The number of para-hydroxylation sites is 1. The van der Waals surface area contributed by atoms with Crippen LogP contribution in [0.25, 0.3) is 10.9 Å². The summed E-state index contributed by atoms with van der Waals surface area (Å²) in [6.45, 7) is -0.349. The van der Waals surface area contributed by atoms with Gasteiger partial charge in [0, 0.05) is 11.6 Å². The molecule has 1 saturated heterocycles. The van der Waals surface area contributed by atoms with Gasteiger partial charge >= 0.3 is 6.03 Å². The Hall–Kier alpha value is -3.74. The van der Waals surface area contributed by atoms with Crippen molar-refractivity contribution in [1.29, 1.82) is 0 Å². The van der Waals surface area contributed by atoms with E-state index >= 15 is 0 Å². The lowest BCUT2D eigenvalue weighted by Crippen LogP contribution is -2.43. The molecule has 29 heavy (non-hydrogen) atoms. The summed E-state index contributed by atoms with van der Waals surface area (Å²) in [7, 11) is 0. The second-order valence-electron chi connectivity index (χ2n) is 7.31. The fourth-order valence-electron chi connectivity index (χ4n) is 4.27. The van der Waals surface area contributed by atoms with Gasteiger partial charge in [0.1, 0.15) is 12.1 Å². The fourth-order valence-corrected chi connectivity index (χ4v) is 4.27. The summed E-state index contributed by atoms with van der Waals surface area (Å²) in [4.78, 5) is 43.7. The van der Waals surface area contributed by atoms with Crippen LogP contribution < -0.4 is 10.6 Å². The molecule has 0 bridgehead atoms. The average molecular weight is 386 g/mol. The number of nitrogens with one attached hydrogen (secondary N) is 2. The highest BCUT2D eigenvalue weighted by Crippen LogP contribution is 2.41. The van der Waals surface area contributed by atoms with Crippen LogP contribution in [-0.4, -0.2) is 34.3 Å².